The van der Waals surface area contributed by atoms with Crippen LogP contribution in [0.2, 0.25) is 0 Å². The summed E-state index contributed by atoms with van der Waals surface area (Å²) in [5.41, 5.74) is 0.527. The summed E-state index contributed by atoms with van der Waals surface area (Å²) in [6.07, 6.45) is 10.9. The molecule has 5 rings (SSSR count). The fraction of sp³-hybridized carbons (Fsp3) is 0.864. The Bertz CT molecular complexity index is 621. The van der Waals surface area contributed by atoms with Gasteiger partial charge in [0.1, 0.15) is 5.78 Å². The van der Waals surface area contributed by atoms with Gasteiger partial charge in [-0.1, -0.05) is 26.3 Å². The van der Waals surface area contributed by atoms with E-state index in [-0.39, 0.29) is 16.7 Å². The highest BCUT2D eigenvalue weighted by Gasteiger charge is 2.74. The van der Waals surface area contributed by atoms with E-state index in [1.807, 2.05) is 0 Å². The van der Waals surface area contributed by atoms with Crippen molar-refractivity contribution in [3.63, 3.8) is 0 Å². The number of ether oxygens (including phenoxy) is 2. The van der Waals surface area contributed by atoms with Gasteiger partial charge in [-0.15, -0.1) is 6.58 Å². The van der Waals surface area contributed by atoms with Crippen LogP contribution in [0, 0.1) is 34.0 Å². The summed E-state index contributed by atoms with van der Waals surface area (Å²) >= 11 is 0. The summed E-state index contributed by atoms with van der Waals surface area (Å²) in [7, 11) is 0. The zero-order valence-corrected chi connectivity index (χ0v) is 15.8. The van der Waals surface area contributed by atoms with Gasteiger partial charge in [0.25, 0.3) is 0 Å². The predicted molar refractivity (Wildman–Crippen MR) is 95.9 cm³/mol. The first kappa shape index (κ1) is 16.5. The quantitative estimate of drug-likeness (QED) is 0.657. The van der Waals surface area contributed by atoms with Gasteiger partial charge in [-0.3, -0.25) is 4.79 Å². The summed E-state index contributed by atoms with van der Waals surface area (Å²) in [4.78, 5) is 13.3. The van der Waals surface area contributed by atoms with E-state index in [0.717, 1.165) is 19.3 Å². The number of hydrogen-bond acceptors (Lipinski definition) is 3. The first-order valence-electron chi connectivity index (χ1n) is 10.3. The number of Topliss-reactive ketones (excluding diaryl/α,β-unsaturated/α-hetero) is 1. The van der Waals surface area contributed by atoms with Gasteiger partial charge in [0, 0.05) is 24.2 Å². The average molecular weight is 344 g/mol. The van der Waals surface area contributed by atoms with Crippen molar-refractivity contribution in [2.45, 2.75) is 71.0 Å². The van der Waals surface area contributed by atoms with Crippen molar-refractivity contribution >= 4 is 5.78 Å². The first-order chi connectivity index (χ1) is 11.9. The van der Waals surface area contributed by atoms with Gasteiger partial charge in [0.15, 0.2) is 5.79 Å². The van der Waals surface area contributed by atoms with Crippen LogP contribution in [-0.4, -0.2) is 24.8 Å². The number of rotatable bonds is 1. The molecule has 1 aliphatic heterocycles. The summed E-state index contributed by atoms with van der Waals surface area (Å²) < 4.78 is 12.5. The Morgan fingerprint density at radius 1 is 1.16 bits per heavy atom. The minimum absolute atomic E-state index is 0.106. The molecule has 2 bridgehead atoms. The van der Waals surface area contributed by atoms with Gasteiger partial charge < -0.3 is 9.47 Å². The lowest BCUT2D eigenvalue weighted by molar-refractivity contribution is -0.280. The molecular formula is C22H32O3. The largest absolute Gasteiger partial charge is 0.347 e. The number of ketones is 1. The molecule has 138 valence electrons. The smallest absolute Gasteiger partial charge is 0.174 e. The van der Waals surface area contributed by atoms with Gasteiger partial charge in [-0.25, -0.2) is 0 Å². The summed E-state index contributed by atoms with van der Waals surface area (Å²) in [6, 6.07) is 0. The molecule has 25 heavy (non-hydrogen) atoms. The summed E-state index contributed by atoms with van der Waals surface area (Å²) in [5, 5.41) is 0. The molecule has 0 amide bonds. The third kappa shape index (κ3) is 1.78. The lowest BCUT2D eigenvalue weighted by Gasteiger charge is -2.65. The molecule has 0 unspecified atom stereocenters. The molecule has 3 heteroatoms. The second kappa shape index (κ2) is 4.98. The van der Waals surface area contributed by atoms with E-state index >= 15 is 0 Å². The van der Waals surface area contributed by atoms with E-state index in [1.54, 1.807) is 0 Å². The molecule has 0 aromatic rings. The second-order valence-electron chi connectivity index (χ2n) is 10.1. The number of carbonyl (C=O) groups excluding carboxylic acids is 1. The normalized spacial score (nSPS) is 53.5. The molecule has 1 heterocycles. The predicted octanol–water partition coefficient (Wildman–Crippen LogP) is 4.51. The van der Waals surface area contributed by atoms with Crippen molar-refractivity contribution in [1.82, 2.24) is 0 Å². The first-order valence-corrected chi connectivity index (χ1v) is 10.3. The van der Waals surface area contributed by atoms with Crippen molar-refractivity contribution in [1.29, 1.82) is 0 Å². The van der Waals surface area contributed by atoms with Crippen LogP contribution in [0.3, 0.4) is 0 Å². The number of hydrogen-bond donors (Lipinski definition) is 0. The van der Waals surface area contributed by atoms with Crippen LogP contribution in [0.1, 0.15) is 65.2 Å². The highest BCUT2D eigenvalue weighted by Crippen LogP contribution is 2.76. The molecule has 0 radical (unpaired) electrons. The molecule has 0 aromatic heterocycles. The summed E-state index contributed by atoms with van der Waals surface area (Å²) in [5.74, 6) is 1.07. The van der Waals surface area contributed by atoms with E-state index in [4.69, 9.17) is 9.47 Å². The molecule has 5 aliphatic rings. The highest BCUT2D eigenvalue weighted by molar-refractivity contribution is 5.84. The monoisotopic (exact) mass is 344 g/mol. The Morgan fingerprint density at radius 2 is 1.92 bits per heavy atom. The Hall–Kier alpha value is -0.670. The number of allylic oxidation sites excluding steroid dienone is 1. The lowest BCUT2D eigenvalue weighted by atomic mass is 9.39. The van der Waals surface area contributed by atoms with Crippen molar-refractivity contribution in [2.24, 2.45) is 34.0 Å². The minimum Gasteiger partial charge on any atom is -0.347 e. The summed E-state index contributed by atoms with van der Waals surface area (Å²) in [6.45, 7) is 10.4. The minimum atomic E-state index is -0.423. The fourth-order valence-corrected chi connectivity index (χ4v) is 8.23. The topological polar surface area (TPSA) is 35.5 Å². The third-order valence-corrected chi connectivity index (χ3v) is 9.38. The molecule has 6 atom stereocenters. The molecule has 3 nitrogen and oxygen atoms in total. The maximum Gasteiger partial charge on any atom is 0.174 e. The molecule has 4 aliphatic carbocycles. The highest BCUT2D eigenvalue weighted by atomic mass is 16.7. The molecular weight excluding hydrogens is 312 g/mol. The van der Waals surface area contributed by atoms with E-state index in [1.165, 1.54) is 32.1 Å². The van der Waals surface area contributed by atoms with Gasteiger partial charge in [-0.2, -0.15) is 0 Å². The van der Waals surface area contributed by atoms with Gasteiger partial charge >= 0.3 is 0 Å². The molecule has 0 aromatic carbocycles. The molecule has 1 saturated heterocycles. The zero-order valence-electron chi connectivity index (χ0n) is 15.8. The van der Waals surface area contributed by atoms with Gasteiger partial charge in [-0.05, 0) is 54.8 Å². The standard InChI is InChI=1S/C22H32O3/c1-4-15-6-5-7-20(3)18(15)17(23)12-16-13-22(24-10-11-25-22)19(2)8-9-21(16,20)14-19/h4,15-16,18H,1,5-14H2,2-3H3/t15-,16-,18+,19-,20-,21-/m0/s1. The van der Waals surface area contributed by atoms with Crippen molar-refractivity contribution < 1.29 is 14.3 Å². The van der Waals surface area contributed by atoms with E-state index in [2.05, 4.69) is 26.5 Å². The Balaban J connectivity index is 1.61. The molecule has 4 saturated carbocycles. The number of carbonyl (C=O) groups is 1. The van der Waals surface area contributed by atoms with E-state index < -0.39 is 5.79 Å². The van der Waals surface area contributed by atoms with Crippen LogP contribution in [-0.2, 0) is 14.3 Å². The average Bonchev–Trinajstić information content (AvgIpc) is 3.17. The zero-order chi connectivity index (χ0) is 17.5. The number of fused-ring (bicyclic) bond motifs is 3. The van der Waals surface area contributed by atoms with Crippen molar-refractivity contribution in [3.05, 3.63) is 12.7 Å². The maximum absolute atomic E-state index is 13.3. The van der Waals surface area contributed by atoms with Gasteiger partial charge in [0.05, 0.1) is 13.2 Å². The molecule has 0 N–H and O–H groups in total. The van der Waals surface area contributed by atoms with Crippen molar-refractivity contribution in [2.75, 3.05) is 13.2 Å². The third-order valence-electron chi connectivity index (χ3n) is 9.38. The Morgan fingerprint density at radius 3 is 2.64 bits per heavy atom. The molecule has 5 fully saturated rings. The maximum atomic E-state index is 13.3. The van der Waals surface area contributed by atoms with E-state index in [0.29, 0.717) is 36.2 Å². The van der Waals surface area contributed by atoms with Crippen LogP contribution >= 0.6 is 0 Å². The van der Waals surface area contributed by atoms with Crippen LogP contribution in [0.5, 0.6) is 0 Å². The fourth-order valence-electron chi connectivity index (χ4n) is 8.23. The van der Waals surface area contributed by atoms with Crippen LogP contribution in [0.4, 0.5) is 0 Å². The second-order valence-corrected chi connectivity index (χ2v) is 10.1. The Kier molecular flexibility index (Phi) is 3.29. The van der Waals surface area contributed by atoms with Gasteiger partial charge in [0.2, 0.25) is 0 Å². The van der Waals surface area contributed by atoms with Crippen LogP contribution in [0.15, 0.2) is 12.7 Å². The lowest BCUT2D eigenvalue weighted by Crippen LogP contribution is -2.64. The SMILES string of the molecule is C=C[C@H]1CCC[C@@]2(C)[C@H]1C(=O)C[C@H]1CC3(OCCO3)[C@@]3(C)CC[C@]12C3. The Labute approximate surface area is 151 Å². The van der Waals surface area contributed by atoms with Crippen molar-refractivity contribution in [3.8, 4) is 0 Å². The van der Waals surface area contributed by atoms with E-state index in [9.17, 15) is 4.79 Å². The molecule has 2 spiro atoms. The van der Waals surface area contributed by atoms with Crippen LogP contribution < -0.4 is 0 Å². The van der Waals surface area contributed by atoms with Crippen LogP contribution in [0.25, 0.3) is 0 Å².